The molecule has 2 aromatic rings. The van der Waals surface area contributed by atoms with Crippen molar-refractivity contribution in [3.8, 4) is 0 Å². The second-order valence-electron chi connectivity index (χ2n) is 8.15. The lowest BCUT2D eigenvalue weighted by Crippen LogP contribution is -2.37. The van der Waals surface area contributed by atoms with E-state index in [1.165, 1.54) is 10.5 Å². The van der Waals surface area contributed by atoms with Crippen molar-refractivity contribution in [3.63, 3.8) is 0 Å². The van der Waals surface area contributed by atoms with Crippen molar-refractivity contribution in [2.45, 2.75) is 32.4 Å². The van der Waals surface area contributed by atoms with E-state index in [2.05, 4.69) is 19.6 Å². The first kappa shape index (κ1) is 25.0. The Bertz CT molecular complexity index is 829. The second kappa shape index (κ2) is 12.5. The second-order valence-corrected chi connectivity index (χ2v) is 8.46. The standard InChI is InChI=1S/C14H19NO.C11H15NO2S/c1-11-3-5-13(6-4-11)14(16)15-9-7-12(2)8-10-15;1-12(6-7-13)11(14)10-4-2-9(8-15)3-5-10/h3-6,12H,7-10H2,1-2H3;2-5,13,15H,6-8H2,1H3. The van der Waals surface area contributed by atoms with E-state index in [9.17, 15) is 9.59 Å². The molecule has 1 saturated heterocycles. The van der Waals surface area contributed by atoms with Crippen molar-refractivity contribution in [2.24, 2.45) is 5.92 Å². The fourth-order valence-electron chi connectivity index (χ4n) is 3.32. The lowest BCUT2D eigenvalue weighted by Gasteiger charge is -2.30. The Morgan fingerprint density at radius 3 is 2.10 bits per heavy atom. The Morgan fingerprint density at radius 1 is 1.03 bits per heavy atom. The van der Waals surface area contributed by atoms with Gasteiger partial charge in [0.2, 0.25) is 0 Å². The number of hydrogen-bond acceptors (Lipinski definition) is 4. The molecule has 0 atom stereocenters. The monoisotopic (exact) mass is 442 g/mol. The quantitative estimate of drug-likeness (QED) is 0.687. The van der Waals surface area contributed by atoms with E-state index in [0.29, 0.717) is 17.9 Å². The molecule has 0 aromatic heterocycles. The van der Waals surface area contributed by atoms with Crippen molar-refractivity contribution in [3.05, 3.63) is 70.8 Å². The molecule has 0 saturated carbocycles. The highest BCUT2D eigenvalue weighted by Gasteiger charge is 2.21. The molecule has 6 heteroatoms. The first-order valence-corrected chi connectivity index (χ1v) is 11.4. The summed E-state index contributed by atoms with van der Waals surface area (Å²) in [6, 6.07) is 15.2. The number of likely N-dealkylation sites (tertiary alicyclic amines) is 1. The van der Waals surface area contributed by atoms with Crippen LogP contribution in [0.15, 0.2) is 48.5 Å². The van der Waals surface area contributed by atoms with Gasteiger partial charge in [-0.15, -0.1) is 0 Å². The molecule has 1 aliphatic rings. The molecule has 168 valence electrons. The molecule has 0 radical (unpaired) electrons. The summed E-state index contributed by atoms with van der Waals surface area (Å²) < 4.78 is 0. The molecule has 2 amide bonds. The topological polar surface area (TPSA) is 60.9 Å². The summed E-state index contributed by atoms with van der Waals surface area (Å²) in [5.41, 5.74) is 3.74. The number of likely N-dealkylation sites (N-methyl/N-ethyl adjacent to an activating group) is 1. The average molecular weight is 443 g/mol. The van der Waals surface area contributed by atoms with Crippen molar-refractivity contribution in [1.82, 2.24) is 9.80 Å². The third kappa shape index (κ3) is 7.71. The maximum absolute atomic E-state index is 12.1. The normalized spacial score (nSPS) is 13.9. The number of amides is 2. The highest BCUT2D eigenvalue weighted by molar-refractivity contribution is 7.79. The highest BCUT2D eigenvalue weighted by atomic mass is 32.1. The lowest BCUT2D eigenvalue weighted by atomic mass is 9.98. The van der Waals surface area contributed by atoms with E-state index < -0.39 is 0 Å². The molecular weight excluding hydrogens is 408 g/mol. The van der Waals surface area contributed by atoms with E-state index in [1.807, 2.05) is 48.2 Å². The van der Waals surface area contributed by atoms with Crippen molar-refractivity contribution in [1.29, 1.82) is 0 Å². The number of carbonyl (C=O) groups is 2. The highest BCUT2D eigenvalue weighted by Crippen LogP contribution is 2.18. The SMILES string of the molecule is CN(CCO)C(=O)c1ccc(CS)cc1.Cc1ccc(C(=O)N2CCC(C)CC2)cc1. The number of aliphatic hydroxyl groups excluding tert-OH is 1. The van der Waals surface area contributed by atoms with Crippen LogP contribution in [-0.2, 0) is 5.75 Å². The number of benzene rings is 2. The van der Waals surface area contributed by atoms with Crippen LogP contribution in [0.5, 0.6) is 0 Å². The van der Waals surface area contributed by atoms with Crippen LogP contribution in [0.1, 0.15) is 51.6 Å². The lowest BCUT2D eigenvalue weighted by molar-refractivity contribution is 0.0696. The number of thiol groups is 1. The van der Waals surface area contributed by atoms with Gasteiger partial charge in [-0.1, -0.05) is 36.8 Å². The predicted molar refractivity (Wildman–Crippen MR) is 129 cm³/mol. The molecule has 1 N–H and O–H groups in total. The first-order valence-electron chi connectivity index (χ1n) is 10.8. The van der Waals surface area contributed by atoms with Crippen LogP contribution in [0, 0.1) is 12.8 Å². The van der Waals surface area contributed by atoms with Gasteiger partial charge in [-0.2, -0.15) is 12.6 Å². The van der Waals surface area contributed by atoms with E-state index >= 15 is 0 Å². The van der Waals surface area contributed by atoms with Crippen molar-refractivity contribution in [2.75, 3.05) is 33.3 Å². The summed E-state index contributed by atoms with van der Waals surface area (Å²) in [5.74, 6) is 1.55. The van der Waals surface area contributed by atoms with Crippen LogP contribution < -0.4 is 0 Å². The number of aliphatic hydroxyl groups is 1. The number of piperidine rings is 1. The Balaban J connectivity index is 0.000000221. The van der Waals surface area contributed by atoms with E-state index in [4.69, 9.17) is 5.11 Å². The van der Waals surface area contributed by atoms with Gasteiger partial charge in [0.25, 0.3) is 11.8 Å². The van der Waals surface area contributed by atoms with Crippen LogP contribution in [0.2, 0.25) is 0 Å². The van der Waals surface area contributed by atoms with Crippen molar-refractivity contribution >= 4 is 24.4 Å². The maximum atomic E-state index is 12.1. The number of hydrogen-bond donors (Lipinski definition) is 2. The van der Waals surface area contributed by atoms with Crippen LogP contribution in [-0.4, -0.2) is 60.0 Å². The minimum atomic E-state index is -0.0743. The fraction of sp³-hybridized carbons (Fsp3) is 0.440. The van der Waals surface area contributed by atoms with Gasteiger partial charge in [-0.3, -0.25) is 9.59 Å². The van der Waals surface area contributed by atoms with Gasteiger partial charge in [0, 0.05) is 43.6 Å². The summed E-state index contributed by atoms with van der Waals surface area (Å²) in [5, 5.41) is 8.71. The molecular formula is C25H34N2O3S. The number of aryl methyl sites for hydroxylation is 1. The zero-order valence-electron chi connectivity index (χ0n) is 18.8. The van der Waals surface area contributed by atoms with Gasteiger partial charge >= 0.3 is 0 Å². The van der Waals surface area contributed by atoms with Crippen molar-refractivity contribution < 1.29 is 14.7 Å². The van der Waals surface area contributed by atoms with Gasteiger partial charge in [0.05, 0.1) is 6.61 Å². The van der Waals surface area contributed by atoms with Crippen LogP contribution >= 0.6 is 12.6 Å². The summed E-state index contributed by atoms with van der Waals surface area (Å²) in [6.45, 7) is 6.45. The van der Waals surface area contributed by atoms with Crippen LogP contribution in [0.4, 0.5) is 0 Å². The molecule has 2 aromatic carbocycles. The Labute approximate surface area is 191 Å². The smallest absolute Gasteiger partial charge is 0.253 e. The van der Waals surface area contributed by atoms with Gasteiger partial charge < -0.3 is 14.9 Å². The molecule has 0 bridgehead atoms. The Morgan fingerprint density at radius 2 is 1.58 bits per heavy atom. The summed E-state index contributed by atoms with van der Waals surface area (Å²) in [7, 11) is 1.67. The third-order valence-corrected chi connectivity index (χ3v) is 5.90. The molecule has 0 aliphatic carbocycles. The molecule has 1 fully saturated rings. The molecule has 5 nitrogen and oxygen atoms in total. The number of nitrogens with zero attached hydrogens (tertiary/aromatic N) is 2. The van der Waals surface area contributed by atoms with E-state index in [0.717, 1.165) is 43.0 Å². The molecule has 0 unspecified atom stereocenters. The van der Waals surface area contributed by atoms with Gasteiger partial charge in [0.1, 0.15) is 0 Å². The maximum Gasteiger partial charge on any atom is 0.253 e. The molecule has 0 spiro atoms. The molecule has 1 heterocycles. The zero-order chi connectivity index (χ0) is 22.8. The molecule has 3 rings (SSSR count). The molecule has 1 aliphatic heterocycles. The zero-order valence-corrected chi connectivity index (χ0v) is 19.6. The number of rotatable bonds is 5. The fourth-order valence-corrected chi connectivity index (χ4v) is 3.53. The largest absolute Gasteiger partial charge is 0.395 e. The van der Waals surface area contributed by atoms with Gasteiger partial charge in [0.15, 0.2) is 0 Å². The van der Waals surface area contributed by atoms with E-state index in [-0.39, 0.29) is 18.4 Å². The summed E-state index contributed by atoms with van der Waals surface area (Å²) in [4.78, 5) is 27.3. The van der Waals surface area contributed by atoms with Crippen LogP contribution in [0.25, 0.3) is 0 Å². The predicted octanol–water partition coefficient (Wildman–Crippen LogP) is 4.05. The number of carbonyl (C=O) groups excluding carboxylic acids is 2. The van der Waals surface area contributed by atoms with E-state index in [1.54, 1.807) is 19.2 Å². The third-order valence-electron chi connectivity index (χ3n) is 5.53. The van der Waals surface area contributed by atoms with Gasteiger partial charge in [-0.25, -0.2) is 0 Å². The van der Waals surface area contributed by atoms with Crippen LogP contribution in [0.3, 0.4) is 0 Å². The molecule has 31 heavy (non-hydrogen) atoms. The van der Waals surface area contributed by atoms with Gasteiger partial charge in [-0.05, 0) is 55.5 Å². The first-order chi connectivity index (χ1) is 14.8. The minimum Gasteiger partial charge on any atom is -0.395 e. The summed E-state index contributed by atoms with van der Waals surface area (Å²) >= 11 is 4.14. The Kier molecular flexibility index (Phi) is 10.1. The minimum absolute atomic E-state index is 0.0169. The Hall–Kier alpha value is -2.31. The average Bonchev–Trinajstić information content (AvgIpc) is 2.80. The summed E-state index contributed by atoms with van der Waals surface area (Å²) in [6.07, 6.45) is 2.27.